The summed E-state index contributed by atoms with van der Waals surface area (Å²) in [6.07, 6.45) is 2.41. The quantitative estimate of drug-likeness (QED) is 0.761. The van der Waals surface area contributed by atoms with Gasteiger partial charge in [-0.15, -0.1) is 0 Å². The van der Waals surface area contributed by atoms with Crippen LogP contribution in [-0.2, 0) is 0 Å². The van der Waals surface area contributed by atoms with Gasteiger partial charge < -0.3 is 15.5 Å². The molecule has 8 heteroatoms. The van der Waals surface area contributed by atoms with E-state index in [9.17, 15) is 19.4 Å². The van der Waals surface area contributed by atoms with Crippen LogP contribution in [0.15, 0.2) is 18.5 Å². The molecule has 4 rings (SSSR count). The minimum atomic E-state index is -0.736. The predicted octanol–water partition coefficient (Wildman–Crippen LogP) is 0.987. The molecule has 0 aromatic carbocycles. The SMILES string of the molecule is O=C(N[C@H]1C[C@H]2[C@H](O)[C@H](O)C[C@H]21)c1cnn2ccc(Cl)c(F)c12. The van der Waals surface area contributed by atoms with Gasteiger partial charge in [-0.05, 0) is 30.7 Å². The second-order valence-corrected chi connectivity index (χ2v) is 6.67. The summed E-state index contributed by atoms with van der Waals surface area (Å²) in [5.74, 6) is -1.04. The Morgan fingerprint density at radius 2 is 2.17 bits per heavy atom. The number of aliphatic hydroxyl groups excluding tert-OH is 2. The third kappa shape index (κ3) is 2.14. The summed E-state index contributed by atoms with van der Waals surface area (Å²) in [5, 5.41) is 26.2. The summed E-state index contributed by atoms with van der Waals surface area (Å²) >= 11 is 5.77. The number of pyridine rings is 1. The Labute approximate surface area is 135 Å². The van der Waals surface area contributed by atoms with Gasteiger partial charge in [0.2, 0.25) is 0 Å². The molecule has 2 aromatic heterocycles. The molecule has 23 heavy (non-hydrogen) atoms. The molecule has 0 saturated heterocycles. The summed E-state index contributed by atoms with van der Waals surface area (Å²) in [5.41, 5.74) is 0.157. The van der Waals surface area contributed by atoms with Crippen molar-refractivity contribution in [3.05, 3.63) is 34.9 Å². The smallest absolute Gasteiger partial charge is 0.255 e. The van der Waals surface area contributed by atoms with E-state index in [1.165, 1.54) is 23.0 Å². The Morgan fingerprint density at radius 1 is 1.39 bits per heavy atom. The number of carbonyl (C=O) groups excluding carboxylic acids is 1. The van der Waals surface area contributed by atoms with Gasteiger partial charge in [-0.3, -0.25) is 4.79 Å². The van der Waals surface area contributed by atoms with Gasteiger partial charge in [0.05, 0.1) is 29.0 Å². The number of carbonyl (C=O) groups is 1. The van der Waals surface area contributed by atoms with Crippen molar-refractivity contribution < 1.29 is 19.4 Å². The molecule has 0 unspecified atom stereocenters. The van der Waals surface area contributed by atoms with Crippen LogP contribution in [-0.4, -0.2) is 44.0 Å². The molecule has 5 atom stereocenters. The molecular formula is C15H15ClFN3O3. The van der Waals surface area contributed by atoms with E-state index < -0.39 is 23.9 Å². The molecule has 2 aromatic rings. The van der Waals surface area contributed by atoms with Gasteiger partial charge in [-0.1, -0.05) is 11.6 Å². The summed E-state index contributed by atoms with van der Waals surface area (Å²) in [6.45, 7) is 0. The molecular weight excluding hydrogens is 325 g/mol. The Hall–Kier alpha value is -1.70. The molecule has 0 bridgehead atoms. The molecule has 1 amide bonds. The molecule has 6 nitrogen and oxygen atoms in total. The first-order valence-electron chi connectivity index (χ1n) is 7.45. The van der Waals surface area contributed by atoms with Gasteiger partial charge in [0.1, 0.15) is 5.52 Å². The van der Waals surface area contributed by atoms with Gasteiger partial charge in [0.15, 0.2) is 5.82 Å². The lowest BCUT2D eigenvalue weighted by Gasteiger charge is -2.41. The van der Waals surface area contributed by atoms with Crippen molar-refractivity contribution in [2.75, 3.05) is 0 Å². The van der Waals surface area contributed by atoms with Crippen LogP contribution in [0.1, 0.15) is 23.2 Å². The number of nitrogens with zero attached hydrogens (tertiary/aromatic N) is 2. The normalized spacial score (nSPS) is 32.6. The molecule has 2 fully saturated rings. The van der Waals surface area contributed by atoms with Gasteiger partial charge in [0.25, 0.3) is 5.91 Å². The standard InChI is InChI=1S/C15H15ClFN3O3/c16-9-1-2-20-13(12(9)17)8(5-18-20)15(23)19-10-3-7-6(10)4-11(21)14(7)22/h1-2,5-7,10-11,14,21-22H,3-4H2,(H,19,23)/t6-,7-,10+,11-,14+/m1/s1. The minimum absolute atomic E-state index is 0.0189. The first-order valence-corrected chi connectivity index (χ1v) is 7.83. The monoisotopic (exact) mass is 339 g/mol. The molecule has 0 spiro atoms. The van der Waals surface area contributed by atoms with Crippen LogP contribution in [0.4, 0.5) is 4.39 Å². The number of amides is 1. The summed E-state index contributed by atoms with van der Waals surface area (Å²) in [4.78, 5) is 12.4. The largest absolute Gasteiger partial charge is 0.390 e. The lowest BCUT2D eigenvalue weighted by atomic mass is 9.70. The van der Waals surface area contributed by atoms with Crippen LogP contribution in [0.5, 0.6) is 0 Å². The summed E-state index contributed by atoms with van der Waals surface area (Å²) in [7, 11) is 0. The first-order chi connectivity index (χ1) is 11.0. The molecule has 2 aliphatic carbocycles. The van der Waals surface area contributed by atoms with Crippen LogP contribution >= 0.6 is 11.6 Å². The molecule has 0 aliphatic heterocycles. The predicted molar refractivity (Wildman–Crippen MR) is 79.6 cm³/mol. The van der Waals surface area contributed by atoms with E-state index in [2.05, 4.69) is 10.4 Å². The van der Waals surface area contributed by atoms with E-state index in [1.54, 1.807) is 0 Å². The highest BCUT2D eigenvalue weighted by atomic mass is 35.5. The van der Waals surface area contributed by atoms with Crippen LogP contribution in [0.3, 0.4) is 0 Å². The van der Waals surface area contributed by atoms with E-state index in [4.69, 9.17) is 11.6 Å². The number of hydrogen-bond acceptors (Lipinski definition) is 4. The maximum absolute atomic E-state index is 14.2. The van der Waals surface area contributed by atoms with E-state index in [-0.39, 0.29) is 34.0 Å². The van der Waals surface area contributed by atoms with Crippen molar-refractivity contribution in [2.24, 2.45) is 11.8 Å². The Balaban J connectivity index is 1.56. The first kappa shape index (κ1) is 14.9. The molecule has 2 saturated carbocycles. The van der Waals surface area contributed by atoms with Crippen LogP contribution in [0.2, 0.25) is 5.02 Å². The average molecular weight is 340 g/mol. The number of fused-ring (bicyclic) bond motifs is 2. The second-order valence-electron chi connectivity index (χ2n) is 6.27. The highest BCUT2D eigenvalue weighted by molar-refractivity contribution is 6.31. The van der Waals surface area contributed by atoms with Crippen molar-refractivity contribution >= 4 is 23.0 Å². The van der Waals surface area contributed by atoms with Gasteiger partial charge in [-0.25, -0.2) is 8.91 Å². The van der Waals surface area contributed by atoms with Crippen molar-refractivity contribution in [1.82, 2.24) is 14.9 Å². The van der Waals surface area contributed by atoms with Gasteiger partial charge in [-0.2, -0.15) is 5.10 Å². The van der Waals surface area contributed by atoms with Crippen molar-refractivity contribution in [3.63, 3.8) is 0 Å². The maximum Gasteiger partial charge on any atom is 0.255 e. The Morgan fingerprint density at radius 3 is 2.91 bits per heavy atom. The van der Waals surface area contributed by atoms with Crippen molar-refractivity contribution in [3.8, 4) is 0 Å². The van der Waals surface area contributed by atoms with E-state index in [1.807, 2.05) is 0 Å². The number of aromatic nitrogens is 2. The summed E-state index contributed by atoms with van der Waals surface area (Å²) < 4.78 is 15.4. The second kappa shape index (κ2) is 5.15. The highest BCUT2D eigenvalue weighted by Gasteiger charge is 2.53. The summed E-state index contributed by atoms with van der Waals surface area (Å²) in [6, 6.07) is 1.24. The van der Waals surface area contributed by atoms with Crippen LogP contribution in [0.25, 0.3) is 5.52 Å². The lowest BCUT2D eigenvalue weighted by Crippen LogP contribution is -2.52. The van der Waals surface area contributed by atoms with Crippen LogP contribution < -0.4 is 5.32 Å². The Bertz CT molecular complexity index is 796. The van der Waals surface area contributed by atoms with Gasteiger partial charge in [0, 0.05) is 12.2 Å². The molecule has 2 heterocycles. The van der Waals surface area contributed by atoms with Crippen molar-refractivity contribution in [1.29, 1.82) is 0 Å². The topological polar surface area (TPSA) is 86.9 Å². The zero-order valence-corrected chi connectivity index (χ0v) is 12.7. The zero-order chi connectivity index (χ0) is 16.3. The van der Waals surface area contributed by atoms with E-state index >= 15 is 0 Å². The lowest BCUT2D eigenvalue weighted by molar-refractivity contribution is -0.00456. The fraction of sp³-hybridized carbons (Fsp3) is 0.467. The average Bonchev–Trinajstić information content (AvgIpc) is 3.04. The third-order valence-electron chi connectivity index (χ3n) is 5.08. The number of halogens is 2. The molecule has 3 N–H and O–H groups in total. The maximum atomic E-state index is 14.2. The number of rotatable bonds is 2. The molecule has 122 valence electrons. The third-order valence-corrected chi connectivity index (χ3v) is 5.37. The van der Waals surface area contributed by atoms with E-state index in [0.29, 0.717) is 12.8 Å². The fourth-order valence-electron chi connectivity index (χ4n) is 3.78. The Kier molecular flexibility index (Phi) is 3.33. The zero-order valence-electron chi connectivity index (χ0n) is 12.0. The van der Waals surface area contributed by atoms with Gasteiger partial charge >= 0.3 is 0 Å². The number of aliphatic hydroxyl groups is 2. The van der Waals surface area contributed by atoms with E-state index in [0.717, 1.165) is 0 Å². The molecule has 0 radical (unpaired) electrons. The minimum Gasteiger partial charge on any atom is -0.390 e. The van der Waals surface area contributed by atoms with Crippen molar-refractivity contribution in [2.45, 2.75) is 31.1 Å². The van der Waals surface area contributed by atoms with Crippen LogP contribution in [0, 0.1) is 17.7 Å². The number of hydrogen-bond donors (Lipinski definition) is 3. The number of nitrogens with one attached hydrogen (secondary N) is 1. The molecule has 2 aliphatic rings. The fourth-order valence-corrected chi connectivity index (χ4v) is 3.92. The highest BCUT2D eigenvalue weighted by Crippen LogP contribution is 2.47.